The molecule has 9 atom stereocenters. The fourth-order valence-electron chi connectivity index (χ4n) is 8.62. The molecule has 0 amide bonds. The maximum atomic E-state index is 4.08. The predicted molar refractivity (Wildman–Crippen MR) is 151 cm³/mol. The van der Waals surface area contributed by atoms with E-state index < -0.39 is 8.07 Å². The first kappa shape index (κ1) is 24.1. The lowest BCUT2D eigenvalue weighted by atomic mass is 9.76. The molecule has 2 saturated carbocycles. The van der Waals surface area contributed by atoms with Crippen LogP contribution in [0, 0.1) is 40.9 Å². The minimum absolute atomic E-state index is 0.220. The van der Waals surface area contributed by atoms with E-state index in [1.165, 1.54) is 37.3 Å². The van der Waals surface area contributed by atoms with Crippen molar-refractivity contribution in [3.63, 3.8) is 0 Å². The number of unbranched alkanes of at least 4 members (excludes halogenated alkanes) is 1. The summed E-state index contributed by atoms with van der Waals surface area (Å²) in [6.07, 6.45) is 32.9. The Kier molecular flexibility index (Phi) is 6.47. The van der Waals surface area contributed by atoms with E-state index in [-0.39, 0.29) is 5.41 Å². The highest BCUT2D eigenvalue weighted by atomic mass is 28.3. The highest BCUT2D eigenvalue weighted by Gasteiger charge is 2.59. The number of fused-ring (bicyclic) bond motifs is 4. The molecule has 0 aromatic heterocycles. The van der Waals surface area contributed by atoms with Crippen molar-refractivity contribution in [2.75, 3.05) is 0 Å². The molecule has 5 aliphatic carbocycles. The quantitative estimate of drug-likeness (QED) is 0.206. The van der Waals surface area contributed by atoms with Crippen LogP contribution in [0.15, 0.2) is 84.6 Å². The lowest BCUT2D eigenvalue weighted by molar-refractivity contribution is 0.441. The minimum Gasteiger partial charge on any atom is -0.103 e. The molecule has 1 heteroatoms. The van der Waals surface area contributed by atoms with Crippen molar-refractivity contribution in [2.24, 2.45) is 40.9 Å². The fraction of sp³-hybridized carbons (Fsp3) is 0.576. The average molecular weight is 471 g/mol. The van der Waals surface area contributed by atoms with Gasteiger partial charge in [-0.2, -0.15) is 0 Å². The molecule has 0 radical (unpaired) electrons. The molecule has 0 spiro atoms. The van der Waals surface area contributed by atoms with Crippen molar-refractivity contribution in [2.45, 2.75) is 77.1 Å². The maximum absolute atomic E-state index is 4.08. The van der Waals surface area contributed by atoms with Crippen LogP contribution < -0.4 is 0 Å². The van der Waals surface area contributed by atoms with E-state index in [4.69, 9.17) is 0 Å². The Morgan fingerprint density at radius 3 is 2.35 bits per heavy atom. The first-order valence-electron chi connectivity index (χ1n) is 14.0. The summed E-state index contributed by atoms with van der Waals surface area (Å²) in [6, 6.07) is 1.46. The van der Waals surface area contributed by atoms with Gasteiger partial charge in [0.25, 0.3) is 0 Å². The molecule has 5 rings (SSSR count). The summed E-state index contributed by atoms with van der Waals surface area (Å²) in [5, 5.41) is 0. The van der Waals surface area contributed by atoms with Crippen molar-refractivity contribution >= 4 is 8.07 Å². The molecular weight excluding hydrogens is 424 g/mol. The molecule has 0 N–H and O–H groups in total. The van der Waals surface area contributed by atoms with Crippen molar-refractivity contribution < 1.29 is 0 Å². The van der Waals surface area contributed by atoms with Gasteiger partial charge in [-0.15, -0.1) is 6.58 Å². The lowest BCUT2D eigenvalue weighted by Gasteiger charge is -2.47. The van der Waals surface area contributed by atoms with Crippen LogP contribution in [0.4, 0.5) is 0 Å². The van der Waals surface area contributed by atoms with Gasteiger partial charge in [-0.3, -0.25) is 0 Å². The summed E-state index contributed by atoms with van der Waals surface area (Å²) in [4.78, 5) is 0. The van der Waals surface area contributed by atoms with Crippen LogP contribution in [0.2, 0.25) is 23.7 Å². The third-order valence-corrected chi connectivity index (χ3v) is 16.3. The number of rotatable bonds is 6. The molecule has 34 heavy (non-hydrogen) atoms. The molecule has 0 aliphatic heterocycles. The Morgan fingerprint density at radius 1 is 0.912 bits per heavy atom. The van der Waals surface area contributed by atoms with Crippen LogP contribution in [0.25, 0.3) is 0 Å². The van der Waals surface area contributed by atoms with Crippen molar-refractivity contribution in [1.82, 2.24) is 0 Å². The first-order valence-corrected chi connectivity index (χ1v) is 16.8. The Balaban J connectivity index is 1.60. The molecular formula is C33H46Si. The van der Waals surface area contributed by atoms with Crippen LogP contribution in [-0.4, -0.2) is 8.07 Å². The zero-order valence-electron chi connectivity index (χ0n) is 22.2. The van der Waals surface area contributed by atoms with Gasteiger partial charge in [0.2, 0.25) is 0 Å². The molecule has 0 aromatic rings. The van der Waals surface area contributed by atoms with E-state index in [0.29, 0.717) is 23.7 Å². The van der Waals surface area contributed by atoms with E-state index in [1.807, 2.05) is 0 Å². The lowest BCUT2D eigenvalue weighted by Crippen LogP contribution is -2.47. The van der Waals surface area contributed by atoms with E-state index in [2.05, 4.69) is 108 Å². The van der Waals surface area contributed by atoms with Gasteiger partial charge in [0.15, 0.2) is 0 Å². The number of hydrogen-bond donors (Lipinski definition) is 0. The number of hydrogen-bond acceptors (Lipinski definition) is 0. The van der Waals surface area contributed by atoms with E-state index >= 15 is 0 Å². The zero-order chi connectivity index (χ0) is 24.1. The Bertz CT molecular complexity index is 979. The van der Waals surface area contributed by atoms with E-state index in [0.717, 1.165) is 22.9 Å². The smallest absolute Gasteiger partial charge is 0.0585 e. The van der Waals surface area contributed by atoms with E-state index in [1.54, 1.807) is 5.57 Å². The second kappa shape index (κ2) is 9.12. The summed E-state index contributed by atoms with van der Waals surface area (Å²) in [6.45, 7) is 16.4. The summed E-state index contributed by atoms with van der Waals surface area (Å²) in [5.41, 5.74) is 5.01. The Morgan fingerprint density at radius 2 is 1.62 bits per heavy atom. The highest BCUT2D eigenvalue weighted by molar-refractivity contribution is 6.81. The second-order valence-electron chi connectivity index (χ2n) is 13.2. The molecule has 2 fully saturated rings. The van der Waals surface area contributed by atoms with E-state index in [9.17, 15) is 0 Å². The van der Waals surface area contributed by atoms with Gasteiger partial charge in [0, 0.05) is 0 Å². The van der Waals surface area contributed by atoms with Gasteiger partial charge in [-0.25, -0.2) is 0 Å². The minimum atomic E-state index is -1.65. The summed E-state index contributed by atoms with van der Waals surface area (Å²) < 4.78 is 0. The monoisotopic (exact) mass is 470 g/mol. The molecule has 0 heterocycles. The third kappa shape index (κ3) is 4.06. The molecule has 0 bridgehead atoms. The molecule has 5 aliphatic rings. The topological polar surface area (TPSA) is 0 Å². The normalized spacial score (nSPS) is 39.7. The van der Waals surface area contributed by atoms with Crippen LogP contribution in [0.3, 0.4) is 0 Å². The summed E-state index contributed by atoms with van der Waals surface area (Å²) in [7, 11) is -1.65. The largest absolute Gasteiger partial charge is 0.103 e. The van der Waals surface area contributed by atoms with Gasteiger partial charge in [-0.1, -0.05) is 119 Å². The summed E-state index contributed by atoms with van der Waals surface area (Å²) in [5.74, 6) is 4.32. The Hall–Kier alpha value is -1.60. The van der Waals surface area contributed by atoms with Crippen LogP contribution in [0.1, 0.15) is 53.4 Å². The average Bonchev–Trinajstić information content (AvgIpc) is 3.37. The molecule has 0 saturated heterocycles. The van der Waals surface area contributed by atoms with Crippen LogP contribution in [-0.2, 0) is 0 Å². The van der Waals surface area contributed by atoms with Crippen LogP contribution >= 0.6 is 0 Å². The summed E-state index contributed by atoms with van der Waals surface area (Å²) >= 11 is 0. The molecule has 182 valence electrons. The Labute approximate surface area is 210 Å². The second-order valence-corrected chi connectivity index (χ2v) is 18.1. The standard InChI is InChI=1S/C33H46Si/c1-7-8-11-20-34(6,31-19-15-24-12-9-10-13-26(24)31)32-29-21-23(2)14-17-27(29)28-18-16-25(22-30(28)32)33(3,4)5/h7,9-10,12-14,16-18,21-22,24,26-32H,1,8,11,15,19-20H2,2-6H3. The van der Waals surface area contributed by atoms with Gasteiger partial charge in [0.1, 0.15) is 0 Å². The first-order chi connectivity index (χ1) is 16.2. The molecule has 0 aromatic carbocycles. The molecule has 9 unspecified atom stereocenters. The zero-order valence-corrected chi connectivity index (χ0v) is 23.2. The maximum Gasteiger partial charge on any atom is 0.0585 e. The van der Waals surface area contributed by atoms with Gasteiger partial charge in [0.05, 0.1) is 8.07 Å². The van der Waals surface area contributed by atoms with Gasteiger partial charge < -0.3 is 0 Å². The van der Waals surface area contributed by atoms with Crippen molar-refractivity contribution in [3.8, 4) is 0 Å². The van der Waals surface area contributed by atoms with Crippen molar-refractivity contribution in [1.29, 1.82) is 0 Å². The van der Waals surface area contributed by atoms with Gasteiger partial charge in [-0.05, 0) is 77.3 Å². The van der Waals surface area contributed by atoms with Gasteiger partial charge >= 0.3 is 0 Å². The van der Waals surface area contributed by atoms with Crippen LogP contribution in [0.5, 0.6) is 0 Å². The molecule has 0 nitrogen and oxygen atoms in total. The fourth-order valence-corrected chi connectivity index (χ4v) is 15.2. The number of allylic oxidation sites excluding steroid dienone is 13. The SMILES string of the molecule is C=CCCC[Si](C)(C1CCC2C=CC=CC21)C1C2C=C(C)C=CC2C2C=CC(C(C)(C)C)=CC21. The predicted octanol–water partition coefficient (Wildman–Crippen LogP) is 9.46. The third-order valence-electron chi connectivity index (χ3n) is 10.2. The highest BCUT2D eigenvalue weighted by Crippen LogP contribution is 2.65. The van der Waals surface area contributed by atoms with Crippen molar-refractivity contribution in [3.05, 3.63) is 84.6 Å².